The Kier molecular flexibility index (Phi) is 5.98. The van der Waals surface area contributed by atoms with E-state index < -0.39 is 53.7 Å². The van der Waals surface area contributed by atoms with E-state index in [2.05, 4.69) is 5.32 Å². The van der Waals surface area contributed by atoms with Gasteiger partial charge in [-0.05, 0) is 36.2 Å². The maximum atomic E-state index is 13.1. The number of amides is 3. The van der Waals surface area contributed by atoms with Gasteiger partial charge in [-0.15, -0.1) is 0 Å². The molecule has 11 heteroatoms. The van der Waals surface area contributed by atoms with Crippen molar-refractivity contribution in [2.75, 3.05) is 13.7 Å². The summed E-state index contributed by atoms with van der Waals surface area (Å²) in [6.07, 6.45) is -11.3. The number of likely N-dealkylation sites (N-methyl/N-ethyl adjacent to an activating group) is 1. The Bertz CT molecular complexity index is 990. The van der Waals surface area contributed by atoms with Crippen molar-refractivity contribution in [2.24, 2.45) is 0 Å². The van der Waals surface area contributed by atoms with Gasteiger partial charge in [0.05, 0.1) is 23.8 Å². The molecule has 172 valence electrons. The Hall–Kier alpha value is -3.08. The van der Waals surface area contributed by atoms with Crippen LogP contribution in [0.15, 0.2) is 48.5 Å². The normalized spacial score (nSPS) is 20.4. The number of alkyl halides is 6. The van der Waals surface area contributed by atoms with E-state index in [9.17, 15) is 35.9 Å². The molecular formula is C21H18F6N2O3. The summed E-state index contributed by atoms with van der Waals surface area (Å²) in [6.45, 7) is 0.754. The molecule has 32 heavy (non-hydrogen) atoms. The van der Waals surface area contributed by atoms with Crippen molar-refractivity contribution < 1.29 is 40.7 Å². The van der Waals surface area contributed by atoms with Crippen LogP contribution >= 0.6 is 0 Å². The highest BCUT2D eigenvalue weighted by Gasteiger charge is 2.51. The Morgan fingerprint density at radius 1 is 0.969 bits per heavy atom. The second-order valence-corrected chi connectivity index (χ2v) is 7.36. The first-order chi connectivity index (χ1) is 14.8. The van der Waals surface area contributed by atoms with Gasteiger partial charge in [-0.2, -0.15) is 26.3 Å². The molecule has 1 fully saturated rings. The molecule has 2 aromatic carbocycles. The van der Waals surface area contributed by atoms with Crippen LogP contribution in [0, 0.1) is 0 Å². The van der Waals surface area contributed by atoms with Crippen LogP contribution < -0.4 is 5.32 Å². The van der Waals surface area contributed by atoms with Crippen LogP contribution in [0.4, 0.5) is 31.1 Å². The van der Waals surface area contributed by atoms with Crippen molar-refractivity contribution in [3.63, 3.8) is 0 Å². The van der Waals surface area contributed by atoms with E-state index in [4.69, 9.17) is 4.74 Å². The molecule has 0 aliphatic carbocycles. The number of nitrogens with one attached hydrogen (secondary N) is 1. The molecule has 1 heterocycles. The molecule has 3 amide bonds. The fraction of sp³-hybridized carbons (Fsp3) is 0.333. The third kappa shape index (κ3) is 4.43. The zero-order chi connectivity index (χ0) is 23.9. The van der Waals surface area contributed by atoms with Crippen molar-refractivity contribution in [1.29, 1.82) is 0 Å². The Morgan fingerprint density at radius 2 is 1.50 bits per heavy atom. The van der Waals surface area contributed by atoms with Crippen molar-refractivity contribution in [3.8, 4) is 0 Å². The summed E-state index contributed by atoms with van der Waals surface area (Å²) in [4.78, 5) is 25.7. The van der Waals surface area contributed by atoms with Crippen LogP contribution in [-0.2, 0) is 27.4 Å². The van der Waals surface area contributed by atoms with Gasteiger partial charge in [-0.25, -0.2) is 4.79 Å². The Balaban J connectivity index is 1.95. The molecule has 0 saturated carbocycles. The van der Waals surface area contributed by atoms with Gasteiger partial charge in [0.1, 0.15) is 0 Å². The molecular weight excluding hydrogens is 442 g/mol. The SMILES string of the molecule is C[C@@H](OC[C@]1(c2ccccc2)NC(=O)N(C)C1=O)c1cc(C(F)(F)F)cc(C(F)(F)F)c1. The van der Waals surface area contributed by atoms with Gasteiger partial charge in [0.15, 0.2) is 5.54 Å². The first kappa shape index (κ1) is 23.6. The lowest BCUT2D eigenvalue weighted by molar-refractivity contribution is -0.143. The van der Waals surface area contributed by atoms with Gasteiger partial charge in [0.25, 0.3) is 5.91 Å². The zero-order valence-corrected chi connectivity index (χ0v) is 16.8. The van der Waals surface area contributed by atoms with Crippen LogP contribution in [0.1, 0.15) is 35.3 Å². The molecule has 0 bridgehead atoms. The van der Waals surface area contributed by atoms with E-state index in [1.807, 2.05) is 0 Å². The van der Waals surface area contributed by atoms with Gasteiger partial charge in [-0.3, -0.25) is 9.69 Å². The molecule has 1 aliphatic rings. The first-order valence-corrected chi connectivity index (χ1v) is 9.32. The highest BCUT2D eigenvalue weighted by molar-refractivity contribution is 6.07. The van der Waals surface area contributed by atoms with Crippen LogP contribution in [0.2, 0.25) is 0 Å². The van der Waals surface area contributed by atoms with Gasteiger partial charge in [0, 0.05) is 7.05 Å². The second kappa shape index (κ2) is 8.12. The van der Waals surface area contributed by atoms with Gasteiger partial charge >= 0.3 is 18.4 Å². The molecule has 5 nitrogen and oxygen atoms in total. The number of rotatable bonds is 5. The fourth-order valence-electron chi connectivity index (χ4n) is 3.36. The first-order valence-electron chi connectivity index (χ1n) is 9.32. The molecule has 0 radical (unpaired) electrons. The third-order valence-corrected chi connectivity index (χ3v) is 5.19. The lowest BCUT2D eigenvalue weighted by Crippen LogP contribution is -2.48. The standard InChI is InChI=1S/C21H18F6N2O3/c1-12(13-8-15(20(22,23)24)10-16(9-13)21(25,26)27)32-11-19(14-6-4-3-5-7-14)17(30)29(2)18(31)28-19/h3-10,12H,11H2,1-2H3,(H,28,31)/t12-,19-/m1/s1. The molecule has 1 saturated heterocycles. The summed E-state index contributed by atoms with van der Waals surface area (Å²) in [7, 11) is 1.24. The molecule has 1 aliphatic heterocycles. The maximum Gasteiger partial charge on any atom is 0.416 e. The van der Waals surface area contributed by atoms with Crippen molar-refractivity contribution in [3.05, 3.63) is 70.8 Å². The number of urea groups is 1. The van der Waals surface area contributed by atoms with Crippen LogP contribution in [0.3, 0.4) is 0 Å². The lowest BCUT2D eigenvalue weighted by atomic mass is 9.90. The van der Waals surface area contributed by atoms with Crippen LogP contribution in [-0.4, -0.2) is 30.5 Å². The number of hydrogen-bond acceptors (Lipinski definition) is 3. The predicted molar refractivity (Wildman–Crippen MR) is 100 cm³/mol. The summed E-state index contributed by atoms with van der Waals surface area (Å²) in [6, 6.07) is 8.45. The van der Waals surface area contributed by atoms with Gasteiger partial charge in [0.2, 0.25) is 0 Å². The minimum absolute atomic E-state index is 0.0252. The number of hydrogen-bond donors (Lipinski definition) is 1. The van der Waals surface area contributed by atoms with Crippen molar-refractivity contribution in [1.82, 2.24) is 10.2 Å². The molecule has 2 aromatic rings. The summed E-state index contributed by atoms with van der Waals surface area (Å²) in [5, 5.41) is 2.51. The van der Waals surface area contributed by atoms with E-state index in [1.54, 1.807) is 30.3 Å². The van der Waals surface area contributed by atoms with E-state index in [0.717, 1.165) is 4.90 Å². The highest BCUT2D eigenvalue weighted by Crippen LogP contribution is 2.38. The maximum absolute atomic E-state index is 13.1. The number of carbonyl (C=O) groups excluding carboxylic acids is 2. The fourth-order valence-corrected chi connectivity index (χ4v) is 3.36. The molecule has 0 spiro atoms. The summed E-state index contributed by atoms with van der Waals surface area (Å²) in [5.41, 5.74) is -4.63. The molecule has 0 unspecified atom stereocenters. The minimum atomic E-state index is -5.00. The number of halogens is 6. The summed E-state index contributed by atoms with van der Waals surface area (Å²) in [5.74, 6) is -0.666. The minimum Gasteiger partial charge on any atom is -0.370 e. The summed E-state index contributed by atoms with van der Waals surface area (Å²) < 4.78 is 84.4. The molecule has 1 N–H and O–H groups in total. The Morgan fingerprint density at radius 3 is 1.94 bits per heavy atom. The number of nitrogens with zero attached hydrogens (tertiary/aromatic N) is 1. The lowest BCUT2D eigenvalue weighted by Gasteiger charge is -2.29. The van der Waals surface area contributed by atoms with Crippen molar-refractivity contribution >= 4 is 11.9 Å². The number of ether oxygens (including phenoxy) is 1. The molecule has 0 aromatic heterocycles. The van der Waals surface area contributed by atoms with E-state index in [0.29, 0.717) is 17.7 Å². The summed E-state index contributed by atoms with van der Waals surface area (Å²) >= 11 is 0. The molecule has 3 rings (SSSR count). The Labute approximate surface area is 179 Å². The zero-order valence-electron chi connectivity index (χ0n) is 16.8. The number of benzene rings is 2. The number of imide groups is 1. The van der Waals surface area contributed by atoms with Crippen LogP contribution in [0.25, 0.3) is 0 Å². The van der Waals surface area contributed by atoms with Crippen molar-refractivity contribution in [2.45, 2.75) is 30.9 Å². The topological polar surface area (TPSA) is 58.6 Å². The largest absolute Gasteiger partial charge is 0.416 e. The second-order valence-electron chi connectivity index (χ2n) is 7.36. The smallest absolute Gasteiger partial charge is 0.370 e. The van der Waals surface area contributed by atoms with E-state index >= 15 is 0 Å². The van der Waals surface area contributed by atoms with E-state index in [1.165, 1.54) is 14.0 Å². The predicted octanol–water partition coefficient (Wildman–Crippen LogP) is 4.88. The average molecular weight is 460 g/mol. The van der Waals surface area contributed by atoms with Gasteiger partial charge < -0.3 is 10.1 Å². The van der Waals surface area contributed by atoms with Gasteiger partial charge in [-0.1, -0.05) is 30.3 Å². The quantitative estimate of drug-likeness (QED) is 0.511. The third-order valence-electron chi connectivity index (χ3n) is 5.19. The van der Waals surface area contributed by atoms with E-state index in [-0.39, 0.29) is 11.6 Å². The highest BCUT2D eigenvalue weighted by atomic mass is 19.4. The van der Waals surface area contributed by atoms with Crippen LogP contribution in [0.5, 0.6) is 0 Å². The molecule has 2 atom stereocenters. The number of carbonyl (C=O) groups is 2. The monoisotopic (exact) mass is 460 g/mol. The average Bonchev–Trinajstić information content (AvgIpc) is 2.95.